The molecule has 2 aliphatic rings. The molecule has 2 fully saturated rings. The Balaban J connectivity index is 1.89. The number of piperazine rings is 1. The van der Waals surface area contributed by atoms with E-state index in [0.717, 1.165) is 18.7 Å². The maximum absolute atomic E-state index is 9.97. The molecule has 3 heteroatoms. The van der Waals surface area contributed by atoms with Gasteiger partial charge in [-0.3, -0.25) is 4.90 Å². The Bertz CT molecular complexity index is 446. The first-order chi connectivity index (χ1) is 9.16. The lowest BCUT2D eigenvalue weighted by Crippen LogP contribution is -2.55. The summed E-state index contributed by atoms with van der Waals surface area (Å²) in [5, 5.41) is 9.97. The van der Waals surface area contributed by atoms with Gasteiger partial charge in [-0.15, -0.1) is 0 Å². The number of anilines is 1. The van der Waals surface area contributed by atoms with Crippen molar-refractivity contribution in [2.45, 2.75) is 44.9 Å². The first-order valence-electron chi connectivity index (χ1n) is 7.44. The van der Waals surface area contributed by atoms with Gasteiger partial charge in [0.1, 0.15) is 0 Å². The highest BCUT2D eigenvalue weighted by molar-refractivity contribution is 5.56. The van der Waals surface area contributed by atoms with Gasteiger partial charge in [-0.1, -0.05) is 18.2 Å². The molecule has 0 radical (unpaired) electrons. The van der Waals surface area contributed by atoms with E-state index in [1.54, 1.807) is 0 Å². The highest BCUT2D eigenvalue weighted by Gasteiger charge is 2.35. The number of aliphatic hydroxyl groups is 1. The summed E-state index contributed by atoms with van der Waals surface area (Å²) in [6.45, 7) is 7.67. The molecule has 3 unspecified atom stereocenters. The SMILES string of the molecule is CC(O)c1ccccc1N1CC2CCCN2CC1C. The summed E-state index contributed by atoms with van der Waals surface area (Å²) in [5.74, 6) is 0. The van der Waals surface area contributed by atoms with E-state index in [2.05, 4.69) is 28.9 Å². The van der Waals surface area contributed by atoms with E-state index in [1.807, 2.05) is 19.1 Å². The Morgan fingerprint density at radius 1 is 1.26 bits per heavy atom. The molecule has 19 heavy (non-hydrogen) atoms. The summed E-state index contributed by atoms with van der Waals surface area (Å²) in [4.78, 5) is 5.13. The number of aliphatic hydroxyl groups excluding tert-OH is 1. The molecular formula is C16H24N2O. The summed E-state index contributed by atoms with van der Waals surface area (Å²) >= 11 is 0. The van der Waals surface area contributed by atoms with Crippen molar-refractivity contribution in [3.05, 3.63) is 29.8 Å². The second-order valence-corrected chi connectivity index (χ2v) is 6.03. The summed E-state index contributed by atoms with van der Waals surface area (Å²) < 4.78 is 0. The summed E-state index contributed by atoms with van der Waals surface area (Å²) in [6.07, 6.45) is 2.26. The van der Waals surface area contributed by atoms with Crippen LogP contribution in [0, 0.1) is 0 Å². The van der Waals surface area contributed by atoms with Gasteiger partial charge in [0.2, 0.25) is 0 Å². The van der Waals surface area contributed by atoms with E-state index < -0.39 is 6.10 Å². The van der Waals surface area contributed by atoms with Crippen LogP contribution in [0.1, 0.15) is 38.4 Å². The number of benzene rings is 1. The van der Waals surface area contributed by atoms with Crippen molar-refractivity contribution < 1.29 is 5.11 Å². The van der Waals surface area contributed by atoms with Crippen LogP contribution in [0.2, 0.25) is 0 Å². The third kappa shape index (κ3) is 2.37. The van der Waals surface area contributed by atoms with E-state index in [1.165, 1.54) is 25.1 Å². The zero-order chi connectivity index (χ0) is 13.4. The van der Waals surface area contributed by atoms with E-state index in [9.17, 15) is 5.11 Å². The fourth-order valence-electron chi connectivity index (χ4n) is 3.63. The second kappa shape index (κ2) is 5.14. The van der Waals surface area contributed by atoms with Crippen molar-refractivity contribution >= 4 is 5.69 Å². The van der Waals surface area contributed by atoms with Crippen LogP contribution in [0.25, 0.3) is 0 Å². The van der Waals surface area contributed by atoms with E-state index in [0.29, 0.717) is 12.1 Å². The largest absolute Gasteiger partial charge is 0.389 e. The molecule has 0 aliphatic carbocycles. The van der Waals surface area contributed by atoms with Gasteiger partial charge < -0.3 is 10.0 Å². The summed E-state index contributed by atoms with van der Waals surface area (Å²) in [5.41, 5.74) is 2.28. The molecule has 2 heterocycles. The summed E-state index contributed by atoms with van der Waals surface area (Å²) in [7, 11) is 0. The molecule has 0 saturated carbocycles. The van der Waals surface area contributed by atoms with E-state index in [4.69, 9.17) is 0 Å². The first-order valence-corrected chi connectivity index (χ1v) is 7.44. The number of fused-ring (bicyclic) bond motifs is 1. The lowest BCUT2D eigenvalue weighted by Gasteiger charge is -2.44. The van der Waals surface area contributed by atoms with Crippen molar-refractivity contribution in [3.63, 3.8) is 0 Å². The lowest BCUT2D eigenvalue weighted by atomic mass is 10.0. The molecular weight excluding hydrogens is 236 g/mol. The lowest BCUT2D eigenvalue weighted by molar-refractivity contribution is 0.192. The second-order valence-electron chi connectivity index (χ2n) is 6.03. The van der Waals surface area contributed by atoms with Crippen molar-refractivity contribution in [1.82, 2.24) is 4.90 Å². The number of nitrogens with zero attached hydrogens (tertiary/aromatic N) is 2. The Hall–Kier alpha value is -1.06. The predicted octanol–water partition coefficient (Wildman–Crippen LogP) is 2.41. The monoisotopic (exact) mass is 260 g/mol. The van der Waals surface area contributed by atoms with Crippen LogP contribution in [0.4, 0.5) is 5.69 Å². The molecule has 3 atom stereocenters. The first kappa shape index (κ1) is 12.9. The van der Waals surface area contributed by atoms with Crippen LogP contribution >= 0.6 is 0 Å². The number of para-hydroxylation sites is 1. The highest BCUT2D eigenvalue weighted by atomic mass is 16.3. The van der Waals surface area contributed by atoms with Crippen molar-refractivity contribution in [2.75, 3.05) is 24.5 Å². The van der Waals surface area contributed by atoms with Gasteiger partial charge in [-0.2, -0.15) is 0 Å². The normalized spacial score (nSPS) is 29.3. The molecule has 0 bridgehead atoms. The van der Waals surface area contributed by atoms with Crippen LogP contribution < -0.4 is 4.90 Å². The Morgan fingerprint density at radius 3 is 2.84 bits per heavy atom. The number of hydrogen-bond donors (Lipinski definition) is 1. The van der Waals surface area contributed by atoms with Crippen molar-refractivity contribution in [1.29, 1.82) is 0 Å². The van der Waals surface area contributed by atoms with Crippen LogP contribution in [0.5, 0.6) is 0 Å². The molecule has 3 rings (SSSR count). The third-order valence-electron chi connectivity index (χ3n) is 4.63. The highest BCUT2D eigenvalue weighted by Crippen LogP contribution is 2.32. The Labute approximate surface area is 115 Å². The molecule has 1 aromatic rings. The topological polar surface area (TPSA) is 26.7 Å². The molecule has 2 aliphatic heterocycles. The molecule has 1 N–H and O–H groups in total. The van der Waals surface area contributed by atoms with Crippen LogP contribution in [-0.2, 0) is 0 Å². The average molecular weight is 260 g/mol. The average Bonchev–Trinajstić information content (AvgIpc) is 2.84. The van der Waals surface area contributed by atoms with E-state index >= 15 is 0 Å². The fraction of sp³-hybridized carbons (Fsp3) is 0.625. The zero-order valence-corrected chi connectivity index (χ0v) is 11.9. The molecule has 0 aromatic heterocycles. The maximum atomic E-state index is 9.97. The van der Waals surface area contributed by atoms with Gasteiger partial charge in [-0.05, 0) is 39.3 Å². The smallest absolute Gasteiger partial charge is 0.0781 e. The van der Waals surface area contributed by atoms with Gasteiger partial charge >= 0.3 is 0 Å². The maximum Gasteiger partial charge on any atom is 0.0781 e. The van der Waals surface area contributed by atoms with Crippen molar-refractivity contribution in [3.8, 4) is 0 Å². The predicted molar refractivity (Wildman–Crippen MR) is 78.5 cm³/mol. The van der Waals surface area contributed by atoms with Gasteiger partial charge in [0.05, 0.1) is 6.10 Å². The van der Waals surface area contributed by atoms with E-state index in [-0.39, 0.29) is 0 Å². The Kier molecular flexibility index (Phi) is 3.50. The molecule has 2 saturated heterocycles. The molecule has 1 aromatic carbocycles. The summed E-state index contributed by atoms with van der Waals surface area (Å²) in [6, 6.07) is 9.53. The van der Waals surface area contributed by atoms with Crippen LogP contribution in [0.3, 0.4) is 0 Å². The molecule has 0 spiro atoms. The standard InChI is InChI=1S/C16H24N2O/c1-12-10-17-9-5-6-14(17)11-18(12)16-8-4-3-7-15(16)13(2)19/h3-4,7-8,12-14,19H,5-6,9-11H2,1-2H3. The zero-order valence-electron chi connectivity index (χ0n) is 11.9. The number of hydrogen-bond acceptors (Lipinski definition) is 3. The quantitative estimate of drug-likeness (QED) is 0.884. The molecule has 104 valence electrons. The van der Waals surface area contributed by atoms with Crippen LogP contribution in [-0.4, -0.2) is 41.7 Å². The Morgan fingerprint density at radius 2 is 2.05 bits per heavy atom. The van der Waals surface area contributed by atoms with Gasteiger partial charge in [-0.25, -0.2) is 0 Å². The minimum Gasteiger partial charge on any atom is -0.389 e. The minimum absolute atomic E-state index is 0.398. The van der Waals surface area contributed by atoms with Gasteiger partial charge in [0.15, 0.2) is 0 Å². The minimum atomic E-state index is -0.398. The number of rotatable bonds is 2. The fourth-order valence-corrected chi connectivity index (χ4v) is 3.63. The molecule has 3 nitrogen and oxygen atoms in total. The van der Waals surface area contributed by atoms with Crippen LogP contribution in [0.15, 0.2) is 24.3 Å². The van der Waals surface area contributed by atoms with Gasteiger partial charge in [0, 0.05) is 36.4 Å². The van der Waals surface area contributed by atoms with Crippen molar-refractivity contribution in [2.24, 2.45) is 0 Å². The third-order valence-corrected chi connectivity index (χ3v) is 4.63. The van der Waals surface area contributed by atoms with Gasteiger partial charge in [0.25, 0.3) is 0 Å². The molecule has 0 amide bonds.